The molecule has 0 unspecified atom stereocenters. The molecule has 0 fully saturated rings. The summed E-state index contributed by atoms with van der Waals surface area (Å²) >= 11 is 5.71. The number of benzene rings is 2. The molecule has 0 saturated heterocycles. The normalized spacial score (nSPS) is 11.0. The number of hydrogen-bond acceptors (Lipinski definition) is 5. The second-order valence-corrected chi connectivity index (χ2v) is 6.53. The molecule has 0 radical (unpaired) electrons. The summed E-state index contributed by atoms with van der Waals surface area (Å²) < 4.78 is 31.7. The second kappa shape index (κ2) is 6.35. The minimum atomic E-state index is -4.05. The van der Waals surface area contributed by atoms with Crippen molar-refractivity contribution in [1.82, 2.24) is 0 Å². The van der Waals surface area contributed by atoms with E-state index in [0.717, 1.165) is 6.07 Å². The van der Waals surface area contributed by atoms with Gasteiger partial charge in [-0.3, -0.25) is 4.72 Å². The van der Waals surface area contributed by atoms with Crippen molar-refractivity contribution in [2.75, 3.05) is 11.8 Å². The number of anilines is 1. The highest BCUT2D eigenvalue weighted by atomic mass is 35.5. The third-order valence-electron chi connectivity index (χ3n) is 2.91. The number of carboxylic acid groups (broad SMARTS) is 1. The van der Waals surface area contributed by atoms with Crippen molar-refractivity contribution in [3.63, 3.8) is 0 Å². The van der Waals surface area contributed by atoms with Gasteiger partial charge < -0.3 is 14.9 Å². The summed E-state index contributed by atoms with van der Waals surface area (Å²) in [6, 6.07) is 7.27. The van der Waals surface area contributed by atoms with Gasteiger partial charge in [-0.2, -0.15) is 0 Å². The minimum Gasteiger partial charge on any atom is -0.504 e. The molecule has 3 N–H and O–H groups in total. The summed E-state index contributed by atoms with van der Waals surface area (Å²) in [6.07, 6.45) is 0. The topological polar surface area (TPSA) is 113 Å². The fourth-order valence-corrected chi connectivity index (χ4v) is 3.08. The Morgan fingerprint density at radius 3 is 2.48 bits per heavy atom. The molecule has 0 spiro atoms. The first-order chi connectivity index (χ1) is 10.7. The van der Waals surface area contributed by atoms with Crippen LogP contribution in [-0.4, -0.2) is 31.7 Å². The van der Waals surface area contributed by atoms with Crippen molar-refractivity contribution in [2.24, 2.45) is 0 Å². The highest BCUT2D eigenvalue weighted by Gasteiger charge is 2.19. The van der Waals surface area contributed by atoms with E-state index < -0.39 is 16.0 Å². The summed E-state index contributed by atoms with van der Waals surface area (Å²) in [5.74, 6) is -1.39. The van der Waals surface area contributed by atoms with Gasteiger partial charge in [0, 0.05) is 6.07 Å². The Morgan fingerprint density at radius 2 is 1.91 bits per heavy atom. The van der Waals surface area contributed by atoms with Gasteiger partial charge in [0.1, 0.15) is 0 Å². The molecule has 0 aliphatic carbocycles. The molecular weight excluding hydrogens is 346 g/mol. The lowest BCUT2D eigenvalue weighted by Crippen LogP contribution is -2.14. The van der Waals surface area contributed by atoms with Crippen LogP contribution in [0.5, 0.6) is 11.5 Å². The number of aromatic hydroxyl groups is 1. The van der Waals surface area contributed by atoms with E-state index in [2.05, 4.69) is 4.72 Å². The Kier molecular flexibility index (Phi) is 4.67. The van der Waals surface area contributed by atoms with Crippen LogP contribution in [-0.2, 0) is 10.0 Å². The van der Waals surface area contributed by atoms with Crippen LogP contribution in [0.2, 0.25) is 5.02 Å². The first-order valence-electron chi connectivity index (χ1n) is 6.17. The van der Waals surface area contributed by atoms with Gasteiger partial charge in [0.2, 0.25) is 0 Å². The van der Waals surface area contributed by atoms with Gasteiger partial charge >= 0.3 is 5.97 Å². The van der Waals surface area contributed by atoms with Gasteiger partial charge in [0.25, 0.3) is 10.0 Å². The highest BCUT2D eigenvalue weighted by molar-refractivity contribution is 7.92. The maximum absolute atomic E-state index is 12.3. The highest BCUT2D eigenvalue weighted by Crippen LogP contribution is 2.30. The van der Waals surface area contributed by atoms with Gasteiger partial charge in [-0.15, -0.1) is 0 Å². The number of phenols is 1. The van der Waals surface area contributed by atoms with E-state index >= 15 is 0 Å². The van der Waals surface area contributed by atoms with Crippen LogP contribution < -0.4 is 9.46 Å². The zero-order valence-electron chi connectivity index (χ0n) is 11.8. The van der Waals surface area contributed by atoms with Crippen LogP contribution in [0.15, 0.2) is 41.3 Å². The average molecular weight is 358 g/mol. The maximum Gasteiger partial charge on any atom is 0.337 e. The van der Waals surface area contributed by atoms with Crippen molar-refractivity contribution < 1.29 is 28.2 Å². The molecule has 0 atom stereocenters. The van der Waals surface area contributed by atoms with Crippen molar-refractivity contribution in [3.05, 3.63) is 47.0 Å². The number of rotatable bonds is 5. The Labute approximate surface area is 137 Å². The van der Waals surface area contributed by atoms with Crippen molar-refractivity contribution >= 4 is 33.3 Å². The molecule has 122 valence electrons. The number of sulfonamides is 1. The number of phenolic OH excluding ortho intramolecular Hbond substituents is 1. The molecule has 0 amide bonds. The molecule has 0 aliphatic rings. The molecule has 23 heavy (non-hydrogen) atoms. The van der Waals surface area contributed by atoms with Gasteiger partial charge in [0.15, 0.2) is 11.5 Å². The number of aromatic carboxylic acids is 1. The van der Waals surface area contributed by atoms with Crippen LogP contribution >= 0.6 is 11.6 Å². The van der Waals surface area contributed by atoms with Crippen molar-refractivity contribution in [2.45, 2.75) is 4.90 Å². The monoisotopic (exact) mass is 357 g/mol. The van der Waals surface area contributed by atoms with Crippen molar-refractivity contribution in [3.8, 4) is 11.5 Å². The molecule has 0 bridgehead atoms. The molecule has 9 heteroatoms. The lowest BCUT2D eigenvalue weighted by Gasteiger charge is -2.11. The molecule has 0 heterocycles. The number of nitrogens with one attached hydrogen (secondary N) is 1. The Hall–Kier alpha value is -2.45. The van der Waals surface area contributed by atoms with Crippen LogP contribution in [0.4, 0.5) is 5.69 Å². The molecule has 2 aromatic carbocycles. The minimum absolute atomic E-state index is 0.0708. The standard InChI is InChI=1S/C14H12ClNO6S/c1-22-13-5-2-8(6-12(13)17)16-23(20,21)9-3-4-11(15)10(7-9)14(18)19/h2-7,16-17H,1H3,(H,18,19). The lowest BCUT2D eigenvalue weighted by atomic mass is 10.2. The number of methoxy groups -OCH3 is 1. The number of carbonyl (C=O) groups is 1. The fourth-order valence-electron chi connectivity index (χ4n) is 1.80. The summed E-state index contributed by atoms with van der Waals surface area (Å²) in [5, 5.41) is 18.6. The molecule has 0 aromatic heterocycles. The smallest absolute Gasteiger partial charge is 0.337 e. The van der Waals surface area contributed by atoms with Crippen LogP contribution in [0.1, 0.15) is 10.4 Å². The molecular formula is C14H12ClNO6S. The van der Waals surface area contributed by atoms with Gasteiger partial charge in [0.05, 0.1) is 28.3 Å². The second-order valence-electron chi connectivity index (χ2n) is 4.44. The number of ether oxygens (including phenoxy) is 1. The summed E-state index contributed by atoms with van der Waals surface area (Å²) in [5.41, 5.74) is -0.234. The molecule has 0 aliphatic heterocycles. The molecule has 7 nitrogen and oxygen atoms in total. The van der Waals surface area contributed by atoms with Crippen LogP contribution in [0, 0.1) is 0 Å². The Balaban J connectivity index is 2.37. The molecule has 2 rings (SSSR count). The van der Waals surface area contributed by atoms with Gasteiger partial charge in [-0.05, 0) is 30.3 Å². The zero-order valence-corrected chi connectivity index (χ0v) is 13.4. The largest absolute Gasteiger partial charge is 0.504 e. The molecule has 2 aromatic rings. The Morgan fingerprint density at radius 1 is 1.22 bits per heavy atom. The van der Waals surface area contributed by atoms with Crippen LogP contribution in [0.3, 0.4) is 0 Å². The summed E-state index contributed by atoms with van der Waals surface area (Å²) in [7, 11) is -2.69. The summed E-state index contributed by atoms with van der Waals surface area (Å²) in [6.45, 7) is 0. The lowest BCUT2D eigenvalue weighted by molar-refractivity contribution is 0.0697. The van der Waals surface area contributed by atoms with E-state index in [-0.39, 0.29) is 32.7 Å². The van der Waals surface area contributed by atoms with Crippen molar-refractivity contribution in [1.29, 1.82) is 0 Å². The third-order valence-corrected chi connectivity index (χ3v) is 4.62. The van der Waals surface area contributed by atoms with Gasteiger partial charge in [-0.1, -0.05) is 11.6 Å². The first-order valence-corrected chi connectivity index (χ1v) is 8.03. The van der Waals surface area contributed by atoms with E-state index in [9.17, 15) is 18.3 Å². The molecule has 0 saturated carbocycles. The maximum atomic E-state index is 12.3. The SMILES string of the molecule is COc1ccc(NS(=O)(=O)c2ccc(Cl)c(C(=O)O)c2)cc1O. The third kappa shape index (κ3) is 3.66. The predicted octanol–water partition coefficient (Wildman–Crippen LogP) is 2.55. The van der Waals surface area contributed by atoms with Gasteiger partial charge in [-0.25, -0.2) is 13.2 Å². The first kappa shape index (κ1) is 16.9. The van der Waals surface area contributed by atoms with E-state index in [0.29, 0.717) is 0 Å². The van der Waals surface area contributed by atoms with E-state index in [1.165, 1.54) is 37.4 Å². The summed E-state index contributed by atoms with van der Waals surface area (Å²) in [4.78, 5) is 10.8. The number of hydrogen-bond donors (Lipinski definition) is 3. The Bertz CT molecular complexity index is 866. The van der Waals surface area contributed by atoms with E-state index in [1.807, 2.05) is 0 Å². The van der Waals surface area contributed by atoms with Crippen LogP contribution in [0.25, 0.3) is 0 Å². The quantitative estimate of drug-likeness (QED) is 0.758. The zero-order chi connectivity index (χ0) is 17.2. The number of carboxylic acids is 1. The van der Waals surface area contributed by atoms with E-state index in [4.69, 9.17) is 21.4 Å². The number of halogens is 1. The average Bonchev–Trinajstić information content (AvgIpc) is 2.47. The predicted molar refractivity (Wildman–Crippen MR) is 83.9 cm³/mol. The fraction of sp³-hybridized carbons (Fsp3) is 0.0714. The van der Waals surface area contributed by atoms with E-state index in [1.54, 1.807) is 0 Å².